The van der Waals surface area contributed by atoms with Crippen LogP contribution in [0.1, 0.15) is 21.2 Å². The van der Waals surface area contributed by atoms with E-state index < -0.39 is 6.36 Å². The van der Waals surface area contributed by atoms with Crippen LogP contribution in [0.5, 0.6) is 0 Å². The molecule has 1 N–H and O–H groups in total. The third-order valence-electron chi connectivity index (χ3n) is 0.527. The first kappa shape index (κ1) is 11.3. The average molecular weight is 132 g/mol. The van der Waals surface area contributed by atoms with Crippen molar-refractivity contribution in [3.05, 3.63) is 0 Å². The standard InChI is InChI=1S/C4H9FO.K.H/c1-2-3-4(5)6;;/h4,6H,2-3H2,1H3;;/q;+1;-1. The number of aliphatic hydroxyl groups is 1. The molecule has 0 aromatic carbocycles. The molecule has 0 aromatic heterocycles. The Morgan fingerprint density at radius 2 is 2.29 bits per heavy atom. The van der Waals surface area contributed by atoms with Crippen LogP contribution in [-0.4, -0.2) is 11.5 Å². The van der Waals surface area contributed by atoms with Crippen LogP contribution < -0.4 is 51.4 Å². The Hall–Kier alpha value is 1.53. The Kier molecular flexibility index (Phi) is 12.2. The SMILES string of the molecule is CCCC(O)F.[H-].[K+]. The average Bonchev–Trinajstić information content (AvgIpc) is 1.35. The quantitative estimate of drug-likeness (QED) is 0.439. The molecule has 0 saturated heterocycles. The van der Waals surface area contributed by atoms with E-state index in [1.165, 1.54) is 0 Å². The summed E-state index contributed by atoms with van der Waals surface area (Å²) in [6, 6.07) is 0. The van der Waals surface area contributed by atoms with Crippen LogP contribution in [0.4, 0.5) is 4.39 Å². The first-order valence-corrected chi connectivity index (χ1v) is 2.09. The summed E-state index contributed by atoms with van der Waals surface area (Å²) in [5.41, 5.74) is 0. The van der Waals surface area contributed by atoms with Gasteiger partial charge in [-0.05, 0) is 0 Å². The van der Waals surface area contributed by atoms with Gasteiger partial charge in [-0.15, -0.1) is 0 Å². The Morgan fingerprint density at radius 1 is 1.86 bits per heavy atom. The Morgan fingerprint density at radius 3 is 2.29 bits per heavy atom. The second-order valence-corrected chi connectivity index (χ2v) is 1.22. The van der Waals surface area contributed by atoms with Crippen molar-refractivity contribution >= 4 is 0 Å². The van der Waals surface area contributed by atoms with Gasteiger partial charge in [0.25, 0.3) is 0 Å². The second-order valence-electron chi connectivity index (χ2n) is 1.22. The Balaban J connectivity index is -0.000000125. The predicted octanol–water partition coefficient (Wildman–Crippen LogP) is -1.81. The fourth-order valence-electron chi connectivity index (χ4n) is 0.238. The number of hydrogen-bond acceptors (Lipinski definition) is 1. The minimum atomic E-state index is -1.60. The molecule has 0 heterocycles. The van der Waals surface area contributed by atoms with Crippen molar-refractivity contribution in [2.75, 3.05) is 0 Å². The summed E-state index contributed by atoms with van der Waals surface area (Å²) >= 11 is 0. The van der Waals surface area contributed by atoms with Crippen LogP contribution in [0.25, 0.3) is 0 Å². The van der Waals surface area contributed by atoms with E-state index in [0.29, 0.717) is 6.42 Å². The molecule has 1 atom stereocenters. The van der Waals surface area contributed by atoms with E-state index in [-0.39, 0.29) is 59.2 Å². The first-order chi connectivity index (χ1) is 2.77. The topological polar surface area (TPSA) is 20.2 Å². The zero-order chi connectivity index (χ0) is 4.99. The van der Waals surface area contributed by atoms with Crippen molar-refractivity contribution < 1.29 is 62.3 Å². The molecule has 0 saturated carbocycles. The molecule has 40 valence electrons. The number of alkyl halides is 1. The van der Waals surface area contributed by atoms with Gasteiger partial charge in [0.05, 0.1) is 0 Å². The van der Waals surface area contributed by atoms with Gasteiger partial charge in [0, 0.05) is 6.42 Å². The maximum absolute atomic E-state index is 11.3. The van der Waals surface area contributed by atoms with Gasteiger partial charge in [-0.2, -0.15) is 0 Å². The Bertz CT molecular complexity index is 37.2. The van der Waals surface area contributed by atoms with Gasteiger partial charge in [0.15, 0.2) is 6.36 Å². The zero-order valence-electron chi connectivity index (χ0n) is 5.82. The molecule has 0 fully saturated rings. The molecule has 0 radical (unpaired) electrons. The van der Waals surface area contributed by atoms with Crippen molar-refractivity contribution in [3.63, 3.8) is 0 Å². The molecular weight excluding hydrogens is 122 g/mol. The first-order valence-electron chi connectivity index (χ1n) is 2.09. The number of hydrogen-bond donors (Lipinski definition) is 1. The molecule has 0 amide bonds. The number of rotatable bonds is 2. The summed E-state index contributed by atoms with van der Waals surface area (Å²) in [5, 5.41) is 7.89. The van der Waals surface area contributed by atoms with Crippen LogP contribution in [-0.2, 0) is 0 Å². The van der Waals surface area contributed by atoms with E-state index in [1.807, 2.05) is 6.92 Å². The largest absolute Gasteiger partial charge is 1.00 e. The smallest absolute Gasteiger partial charge is 1.00 e. The minimum Gasteiger partial charge on any atom is -1.00 e. The van der Waals surface area contributed by atoms with Crippen LogP contribution in [0, 0.1) is 0 Å². The van der Waals surface area contributed by atoms with Crippen LogP contribution in [0.3, 0.4) is 0 Å². The van der Waals surface area contributed by atoms with Gasteiger partial charge >= 0.3 is 51.4 Å². The maximum Gasteiger partial charge on any atom is 1.00 e. The molecule has 0 spiro atoms. The molecule has 0 aliphatic carbocycles. The van der Waals surface area contributed by atoms with Gasteiger partial charge in [-0.25, -0.2) is 4.39 Å². The van der Waals surface area contributed by atoms with E-state index in [2.05, 4.69) is 0 Å². The van der Waals surface area contributed by atoms with Gasteiger partial charge in [-0.1, -0.05) is 13.3 Å². The van der Waals surface area contributed by atoms with E-state index in [1.54, 1.807) is 0 Å². The summed E-state index contributed by atoms with van der Waals surface area (Å²) in [5.74, 6) is 0. The van der Waals surface area contributed by atoms with Crippen molar-refractivity contribution in [1.29, 1.82) is 0 Å². The van der Waals surface area contributed by atoms with Gasteiger partial charge in [0.2, 0.25) is 0 Å². The summed E-state index contributed by atoms with van der Waals surface area (Å²) in [6.07, 6.45) is -0.632. The molecule has 0 aliphatic heterocycles. The summed E-state index contributed by atoms with van der Waals surface area (Å²) < 4.78 is 11.3. The third-order valence-corrected chi connectivity index (χ3v) is 0.527. The number of halogens is 1. The van der Waals surface area contributed by atoms with E-state index in [4.69, 9.17) is 5.11 Å². The molecule has 1 unspecified atom stereocenters. The maximum atomic E-state index is 11.3. The molecule has 1 nitrogen and oxygen atoms in total. The van der Waals surface area contributed by atoms with Crippen LogP contribution in [0.2, 0.25) is 0 Å². The molecule has 0 aliphatic rings. The monoisotopic (exact) mass is 132 g/mol. The molecule has 7 heavy (non-hydrogen) atoms. The molecular formula is C4H10FKO. The fourth-order valence-corrected chi connectivity index (χ4v) is 0.238. The molecule has 0 aromatic rings. The minimum absolute atomic E-state index is 0. The third kappa shape index (κ3) is 11.2. The van der Waals surface area contributed by atoms with Crippen molar-refractivity contribution in [2.45, 2.75) is 26.1 Å². The summed E-state index contributed by atoms with van der Waals surface area (Å²) in [6.45, 7) is 1.82. The molecule has 0 rings (SSSR count). The second kappa shape index (κ2) is 7.53. The van der Waals surface area contributed by atoms with Crippen LogP contribution >= 0.6 is 0 Å². The van der Waals surface area contributed by atoms with Crippen molar-refractivity contribution in [3.8, 4) is 0 Å². The molecule has 3 heteroatoms. The van der Waals surface area contributed by atoms with Crippen LogP contribution in [0.15, 0.2) is 0 Å². The molecule has 0 bridgehead atoms. The van der Waals surface area contributed by atoms with E-state index in [0.717, 1.165) is 0 Å². The van der Waals surface area contributed by atoms with Crippen molar-refractivity contribution in [2.24, 2.45) is 0 Å². The number of aliphatic hydroxyl groups excluding tert-OH is 1. The zero-order valence-corrected chi connectivity index (χ0v) is 7.94. The van der Waals surface area contributed by atoms with Gasteiger partial charge in [0.1, 0.15) is 0 Å². The van der Waals surface area contributed by atoms with Gasteiger partial charge < -0.3 is 6.53 Å². The predicted molar refractivity (Wildman–Crippen MR) is 23.1 cm³/mol. The normalized spacial score (nSPS) is 12.4. The van der Waals surface area contributed by atoms with Crippen molar-refractivity contribution in [1.82, 2.24) is 0 Å². The summed E-state index contributed by atoms with van der Waals surface area (Å²) in [7, 11) is 0. The summed E-state index contributed by atoms with van der Waals surface area (Å²) in [4.78, 5) is 0. The van der Waals surface area contributed by atoms with E-state index in [9.17, 15) is 4.39 Å². The van der Waals surface area contributed by atoms with E-state index >= 15 is 0 Å². The fraction of sp³-hybridized carbons (Fsp3) is 1.00. The Labute approximate surface area is 87.2 Å². The van der Waals surface area contributed by atoms with Gasteiger partial charge in [-0.3, -0.25) is 0 Å².